The number of carbonyl (C=O) groups excluding carboxylic acids is 1. The smallest absolute Gasteiger partial charge is 0.245 e. The van der Waals surface area contributed by atoms with E-state index in [0.29, 0.717) is 12.0 Å². The maximum Gasteiger partial charge on any atom is 0.245 e. The van der Waals surface area contributed by atoms with E-state index in [1.807, 2.05) is 22.6 Å². The van der Waals surface area contributed by atoms with Crippen molar-refractivity contribution in [2.75, 3.05) is 39.4 Å². The van der Waals surface area contributed by atoms with Gasteiger partial charge in [0.1, 0.15) is 6.04 Å². The standard InChI is InChI=1S/C15H24N4O2/c1-12-9-19(10-14(12)17-5-7-21-8-6-17)15(20)13(2)18-4-3-16-11-18/h3-4,11-14H,5-10H2,1-2H3/t12-,13-,14+/m1/s1. The highest BCUT2D eigenvalue weighted by Crippen LogP contribution is 2.24. The lowest BCUT2D eigenvalue weighted by molar-refractivity contribution is -0.133. The predicted octanol–water partition coefficient (Wildman–Crippen LogP) is 0.623. The second kappa shape index (κ2) is 6.15. The van der Waals surface area contributed by atoms with Gasteiger partial charge in [-0.1, -0.05) is 6.92 Å². The molecule has 6 heteroatoms. The van der Waals surface area contributed by atoms with Crippen molar-refractivity contribution in [2.45, 2.75) is 25.9 Å². The van der Waals surface area contributed by atoms with Gasteiger partial charge in [-0.15, -0.1) is 0 Å². The molecule has 2 fully saturated rings. The molecule has 3 rings (SSSR count). The number of nitrogens with zero attached hydrogens (tertiary/aromatic N) is 4. The average Bonchev–Trinajstić information content (AvgIpc) is 3.16. The number of ether oxygens (including phenoxy) is 1. The van der Waals surface area contributed by atoms with E-state index in [0.717, 1.165) is 39.4 Å². The van der Waals surface area contributed by atoms with Crippen molar-refractivity contribution in [2.24, 2.45) is 5.92 Å². The summed E-state index contributed by atoms with van der Waals surface area (Å²) in [4.78, 5) is 21.2. The van der Waals surface area contributed by atoms with Crippen molar-refractivity contribution in [1.82, 2.24) is 19.4 Å². The summed E-state index contributed by atoms with van der Waals surface area (Å²) in [7, 11) is 0. The first-order chi connectivity index (χ1) is 10.2. The van der Waals surface area contributed by atoms with E-state index in [9.17, 15) is 4.79 Å². The Morgan fingerprint density at radius 3 is 2.76 bits per heavy atom. The van der Waals surface area contributed by atoms with E-state index in [2.05, 4.69) is 16.8 Å². The zero-order valence-electron chi connectivity index (χ0n) is 12.8. The summed E-state index contributed by atoms with van der Waals surface area (Å²) in [5, 5.41) is 0. The molecular weight excluding hydrogens is 268 g/mol. The molecule has 0 bridgehead atoms. The van der Waals surface area contributed by atoms with Crippen LogP contribution in [0, 0.1) is 5.92 Å². The largest absolute Gasteiger partial charge is 0.379 e. The zero-order valence-corrected chi connectivity index (χ0v) is 12.8. The van der Waals surface area contributed by atoms with Gasteiger partial charge in [-0.2, -0.15) is 0 Å². The molecule has 116 valence electrons. The molecule has 0 radical (unpaired) electrons. The number of rotatable bonds is 3. The topological polar surface area (TPSA) is 50.6 Å². The first-order valence-corrected chi connectivity index (χ1v) is 7.75. The fourth-order valence-corrected chi connectivity index (χ4v) is 3.40. The van der Waals surface area contributed by atoms with Crippen LogP contribution in [0.25, 0.3) is 0 Å². The molecule has 1 aromatic heterocycles. The highest BCUT2D eigenvalue weighted by atomic mass is 16.5. The van der Waals surface area contributed by atoms with Gasteiger partial charge in [0, 0.05) is 44.6 Å². The molecule has 0 saturated carbocycles. The third-order valence-electron chi connectivity index (χ3n) is 4.73. The summed E-state index contributed by atoms with van der Waals surface area (Å²) < 4.78 is 7.29. The highest BCUT2D eigenvalue weighted by Gasteiger charge is 2.37. The summed E-state index contributed by atoms with van der Waals surface area (Å²) in [6.07, 6.45) is 5.27. The maximum absolute atomic E-state index is 12.7. The van der Waals surface area contributed by atoms with Crippen LogP contribution in [0.3, 0.4) is 0 Å². The van der Waals surface area contributed by atoms with Gasteiger partial charge in [0.15, 0.2) is 0 Å². The Kier molecular flexibility index (Phi) is 4.26. The Bertz CT molecular complexity index is 470. The van der Waals surface area contributed by atoms with Crippen LogP contribution in [-0.2, 0) is 9.53 Å². The lowest BCUT2D eigenvalue weighted by Gasteiger charge is -2.34. The quantitative estimate of drug-likeness (QED) is 0.820. The number of morpholine rings is 1. The fourth-order valence-electron chi connectivity index (χ4n) is 3.40. The monoisotopic (exact) mass is 292 g/mol. The normalized spacial score (nSPS) is 28.8. The Morgan fingerprint density at radius 2 is 2.10 bits per heavy atom. The van der Waals surface area contributed by atoms with E-state index in [4.69, 9.17) is 4.74 Å². The Labute approximate surface area is 125 Å². The van der Waals surface area contributed by atoms with E-state index in [-0.39, 0.29) is 11.9 Å². The molecule has 2 saturated heterocycles. The highest BCUT2D eigenvalue weighted by molar-refractivity contribution is 5.80. The Balaban J connectivity index is 1.63. The molecule has 3 atom stereocenters. The maximum atomic E-state index is 12.7. The Morgan fingerprint density at radius 1 is 1.33 bits per heavy atom. The molecule has 0 aromatic carbocycles. The van der Waals surface area contributed by atoms with Gasteiger partial charge >= 0.3 is 0 Å². The van der Waals surface area contributed by atoms with Crippen molar-refractivity contribution in [3.8, 4) is 0 Å². The van der Waals surface area contributed by atoms with Crippen LogP contribution in [0.5, 0.6) is 0 Å². The lowest BCUT2D eigenvalue weighted by Crippen LogP contribution is -2.47. The van der Waals surface area contributed by atoms with Gasteiger partial charge in [-0.05, 0) is 12.8 Å². The molecule has 0 aliphatic carbocycles. The van der Waals surface area contributed by atoms with Crippen LogP contribution >= 0.6 is 0 Å². The minimum absolute atomic E-state index is 0.178. The van der Waals surface area contributed by atoms with E-state index in [1.165, 1.54) is 0 Å². The number of hydrogen-bond acceptors (Lipinski definition) is 4. The minimum Gasteiger partial charge on any atom is -0.379 e. The molecule has 6 nitrogen and oxygen atoms in total. The summed E-state index contributed by atoms with van der Waals surface area (Å²) in [6, 6.07) is 0.288. The van der Waals surface area contributed by atoms with Gasteiger partial charge < -0.3 is 14.2 Å². The second-order valence-corrected chi connectivity index (χ2v) is 6.12. The molecule has 1 amide bonds. The van der Waals surface area contributed by atoms with E-state index in [1.54, 1.807) is 12.5 Å². The van der Waals surface area contributed by atoms with Crippen molar-refractivity contribution >= 4 is 5.91 Å². The number of hydrogen-bond donors (Lipinski definition) is 0. The number of imidazole rings is 1. The molecule has 3 heterocycles. The number of likely N-dealkylation sites (tertiary alicyclic amines) is 1. The molecule has 2 aliphatic heterocycles. The molecule has 1 aromatic rings. The van der Waals surface area contributed by atoms with Gasteiger partial charge in [0.05, 0.1) is 19.5 Å². The molecule has 0 spiro atoms. The first-order valence-electron chi connectivity index (χ1n) is 7.75. The molecule has 0 N–H and O–H groups in total. The number of aromatic nitrogens is 2. The summed E-state index contributed by atoms with van der Waals surface area (Å²) >= 11 is 0. The number of carbonyl (C=O) groups is 1. The summed E-state index contributed by atoms with van der Waals surface area (Å²) in [6.45, 7) is 9.44. The van der Waals surface area contributed by atoms with Crippen LogP contribution in [0.4, 0.5) is 0 Å². The molecular formula is C15H24N4O2. The van der Waals surface area contributed by atoms with Crippen molar-refractivity contribution < 1.29 is 9.53 Å². The van der Waals surface area contributed by atoms with Gasteiger partial charge in [0.25, 0.3) is 0 Å². The minimum atomic E-state index is -0.178. The lowest BCUT2D eigenvalue weighted by atomic mass is 10.0. The van der Waals surface area contributed by atoms with Crippen molar-refractivity contribution in [3.05, 3.63) is 18.7 Å². The third kappa shape index (κ3) is 2.96. The van der Waals surface area contributed by atoms with Gasteiger partial charge in [-0.25, -0.2) is 4.98 Å². The molecule has 2 aliphatic rings. The molecule has 0 unspecified atom stereocenters. The van der Waals surface area contributed by atoms with Crippen LogP contribution in [-0.4, -0.2) is 70.7 Å². The van der Waals surface area contributed by atoms with E-state index < -0.39 is 0 Å². The van der Waals surface area contributed by atoms with Gasteiger partial charge in [0.2, 0.25) is 5.91 Å². The summed E-state index contributed by atoms with van der Waals surface area (Å²) in [5.41, 5.74) is 0. The molecule has 21 heavy (non-hydrogen) atoms. The average molecular weight is 292 g/mol. The number of amides is 1. The van der Waals surface area contributed by atoms with E-state index >= 15 is 0 Å². The second-order valence-electron chi connectivity index (χ2n) is 6.12. The predicted molar refractivity (Wildman–Crippen MR) is 78.9 cm³/mol. The SMILES string of the molecule is C[C@@H]1CN(C(=O)[C@@H](C)n2ccnc2)C[C@@H]1N1CCOCC1. The van der Waals surface area contributed by atoms with Crippen LogP contribution < -0.4 is 0 Å². The van der Waals surface area contributed by atoms with Crippen LogP contribution in [0.15, 0.2) is 18.7 Å². The van der Waals surface area contributed by atoms with Gasteiger partial charge in [-0.3, -0.25) is 9.69 Å². The van der Waals surface area contributed by atoms with Crippen molar-refractivity contribution in [1.29, 1.82) is 0 Å². The van der Waals surface area contributed by atoms with Crippen LogP contribution in [0.2, 0.25) is 0 Å². The Hall–Kier alpha value is -1.40. The zero-order chi connectivity index (χ0) is 14.8. The third-order valence-corrected chi connectivity index (χ3v) is 4.73. The van der Waals surface area contributed by atoms with Crippen molar-refractivity contribution in [3.63, 3.8) is 0 Å². The summed E-state index contributed by atoms with van der Waals surface area (Å²) in [5.74, 6) is 0.706. The first kappa shape index (κ1) is 14.5. The van der Waals surface area contributed by atoms with Crippen LogP contribution in [0.1, 0.15) is 19.9 Å². The fraction of sp³-hybridized carbons (Fsp3) is 0.733.